The molecule has 0 spiro atoms. The van der Waals surface area contributed by atoms with Crippen molar-refractivity contribution in [2.75, 3.05) is 6.54 Å². The molecule has 17 heavy (non-hydrogen) atoms. The molecule has 0 heterocycles. The van der Waals surface area contributed by atoms with Gasteiger partial charge in [-0.25, -0.2) is 0 Å². The first-order valence-electron chi connectivity index (χ1n) is 5.77. The standard InChI is InChI=1S/C13H18BrNO2/c1-3-5-10(14)8-15-13(17)11-6-4-7-12(16)9(11)2/h4,6-7,10,16H,3,5,8H2,1-2H3,(H,15,17). The lowest BCUT2D eigenvalue weighted by atomic mass is 10.1. The minimum Gasteiger partial charge on any atom is -0.508 e. The van der Waals surface area contributed by atoms with Crippen LogP contribution in [0.2, 0.25) is 0 Å². The Balaban J connectivity index is 2.61. The Morgan fingerprint density at radius 3 is 2.88 bits per heavy atom. The van der Waals surface area contributed by atoms with Crippen LogP contribution in [-0.2, 0) is 0 Å². The van der Waals surface area contributed by atoms with Gasteiger partial charge < -0.3 is 10.4 Å². The number of amides is 1. The Hall–Kier alpha value is -1.03. The molecule has 94 valence electrons. The number of phenols is 1. The van der Waals surface area contributed by atoms with Crippen molar-refractivity contribution in [1.82, 2.24) is 5.32 Å². The van der Waals surface area contributed by atoms with Gasteiger partial charge in [0.2, 0.25) is 0 Å². The predicted molar refractivity (Wildman–Crippen MR) is 72.8 cm³/mol. The van der Waals surface area contributed by atoms with Crippen molar-refractivity contribution >= 4 is 21.8 Å². The predicted octanol–water partition coefficient (Wildman–Crippen LogP) is 2.99. The number of hydrogen-bond donors (Lipinski definition) is 2. The summed E-state index contributed by atoms with van der Waals surface area (Å²) >= 11 is 3.51. The second-order valence-corrected chi connectivity index (χ2v) is 5.34. The van der Waals surface area contributed by atoms with Gasteiger partial charge in [-0.3, -0.25) is 4.79 Å². The van der Waals surface area contributed by atoms with Gasteiger partial charge in [0.05, 0.1) is 0 Å². The van der Waals surface area contributed by atoms with Crippen LogP contribution in [0, 0.1) is 6.92 Å². The maximum atomic E-state index is 11.9. The van der Waals surface area contributed by atoms with Gasteiger partial charge in [0.15, 0.2) is 0 Å². The molecule has 4 heteroatoms. The van der Waals surface area contributed by atoms with Gasteiger partial charge in [-0.15, -0.1) is 0 Å². The van der Waals surface area contributed by atoms with E-state index in [1.807, 2.05) is 0 Å². The average molecular weight is 300 g/mol. The number of nitrogens with one attached hydrogen (secondary N) is 1. The van der Waals surface area contributed by atoms with Crippen molar-refractivity contribution < 1.29 is 9.90 Å². The monoisotopic (exact) mass is 299 g/mol. The summed E-state index contributed by atoms with van der Waals surface area (Å²) in [5, 5.41) is 12.4. The number of hydrogen-bond acceptors (Lipinski definition) is 2. The third-order valence-corrected chi connectivity index (χ3v) is 3.42. The van der Waals surface area contributed by atoms with E-state index in [-0.39, 0.29) is 11.7 Å². The van der Waals surface area contributed by atoms with E-state index in [0.717, 1.165) is 12.8 Å². The molecule has 0 bridgehead atoms. The van der Waals surface area contributed by atoms with E-state index < -0.39 is 0 Å². The lowest BCUT2D eigenvalue weighted by Crippen LogP contribution is -2.29. The summed E-state index contributed by atoms with van der Waals surface area (Å²) < 4.78 is 0. The van der Waals surface area contributed by atoms with Crippen molar-refractivity contribution in [2.24, 2.45) is 0 Å². The zero-order chi connectivity index (χ0) is 12.8. The summed E-state index contributed by atoms with van der Waals surface area (Å²) in [7, 11) is 0. The second kappa shape index (κ2) is 6.64. The van der Waals surface area contributed by atoms with Crippen molar-refractivity contribution in [3.63, 3.8) is 0 Å². The van der Waals surface area contributed by atoms with Gasteiger partial charge in [-0.1, -0.05) is 35.3 Å². The number of carbonyl (C=O) groups is 1. The fraction of sp³-hybridized carbons (Fsp3) is 0.462. The first-order chi connectivity index (χ1) is 8.06. The molecule has 0 radical (unpaired) electrons. The van der Waals surface area contributed by atoms with Crippen LogP contribution in [0.15, 0.2) is 18.2 Å². The maximum absolute atomic E-state index is 11.9. The molecule has 0 aliphatic rings. The highest BCUT2D eigenvalue weighted by atomic mass is 79.9. The van der Waals surface area contributed by atoms with E-state index in [9.17, 15) is 9.90 Å². The van der Waals surface area contributed by atoms with Crippen LogP contribution in [-0.4, -0.2) is 22.4 Å². The van der Waals surface area contributed by atoms with Gasteiger partial charge in [0.25, 0.3) is 5.91 Å². The van der Waals surface area contributed by atoms with E-state index in [1.165, 1.54) is 0 Å². The van der Waals surface area contributed by atoms with E-state index in [4.69, 9.17) is 0 Å². The Morgan fingerprint density at radius 2 is 2.24 bits per heavy atom. The van der Waals surface area contributed by atoms with Gasteiger partial charge >= 0.3 is 0 Å². The highest BCUT2D eigenvalue weighted by molar-refractivity contribution is 9.09. The molecule has 3 nitrogen and oxygen atoms in total. The highest BCUT2D eigenvalue weighted by Crippen LogP contribution is 2.19. The summed E-state index contributed by atoms with van der Waals surface area (Å²) in [6, 6.07) is 4.97. The summed E-state index contributed by atoms with van der Waals surface area (Å²) in [5.41, 5.74) is 1.15. The number of carbonyl (C=O) groups excluding carboxylic acids is 1. The first-order valence-corrected chi connectivity index (χ1v) is 6.68. The average Bonchev–Trinajstić information content (AvgIpc) is 2.30. The number of alkyl halides is 1. The third-order valence-electron chi connectivity index (χ3n) is 2.64. The Labute approximate surface area is 110 Å². The van der Waals surface area contributed by atoms with Gasteiger partial charge in [0.1, 0.15) is 5.75 Å². The minimum absolute atomic E-state index is 0.140. The quantitative estimate of drug-likeness (QED) is 0.821. The van der Waals surface area contributed by atoms with Crippen LogP contribution in [0.1, 0.15) is 35.7 Å². The van der Waals surface area contributed by atoms with Gasteiger partial charge in [0, 0.05) is 22.5 Å². The van der Waals surface area contributed by atoms with E-state index in [1.54, 1.807) is 25.1 Å². The van der Waals surface area contributed by atoms with Crippen LogP contribution < -0.4 is 5.32 Å². The largest absolute Gasteiger partial charge is 0.508 e. The van der Waals surface area contributed by atoms with E-state index >= 15 is 0 Å². The zero-order valence-electron chi connectivity index (χ0n) is 10.2. The van der Waals surface area contributed by atoms with Crippen LogP contribution in [0.3, 0.4) is 0 Å². The molecule has 0 fully saturated rings. The molecule has 1 unspecified atom stereocenters. The molecule has 0 saturated heterocycles. The fourth-order valence-corrected chi connectivity index (χ4v) is 2.20. The number of halogens is 1. The SMILES string of the molecule is CCCC(Br)CNC(=O)c1cccc(O)c1C. The van der Waals surface area contributed by atoms with Crippen molar-refractivity contribution in [2.45, 2.75) is 31.5 Å². The number of rotatable bonds is 5. The molecule has 1 rings (SSSR count). The fourth-order valence-electron chi connectivity index (χ4n) is 1.58. The molecule has 0 aliphatic carbocycles. The zero-order valence-corrected chi connectivity index (χ0v) is 11.8. The Morgan fingerprint density at radius 1 is 1.53 bits per heavy atom. The van der Waals surface area contributed by atoms with Gasteiger partial charge in [-0.2, -0.15) is 0 Å². The molecular weight excluding hydrogens is 282 g/mol. The molecule has 2 N–H and O–H groups in total. The normalized spacial score (nSPS) is 12.2. The molecule has 1 aromatic rings. The second-order valence-electron chi connectivity index (χ2n) is 4.05. The number of aromatic hydroxyl groups is 1. The van der Waals surface area contributed by atoms with E-state index in [0.29, 0.717) is 22.5 Å². The molecule has 1 amide bonds. The lowest BCUT2D eigenvalue weighted by molar-refractivity contribution is 0.0952. The summed E-state index contributed by atoms with van der Waals surface area (Å²) in [6.07, 6.45) is 2.11. The number of benzene rings is 1. The summed E-state index contributed by atoms with van der Waals surface area (Å²) in [4.78, 5) is 12.2. The Bertz CT molecular complexity index is 393. The number of phenolic OH excluding ortho intramolecular Hbond substituents is 1. The van der Waals surface area contributed by atoms with Crippen molar-refractivity contribution in [3.8, 4) is 5.75 Å². The molecular formula is C13H18BrNO2. The summed E-state index contributed by atoms with van der Waals surface area (Å²) in [5.74, 6) is 0.0144. The van der Waals surface area contributed by atoms with Crippen LogP contribution in [0.25, 0.3) is 0 Å². The third kappa shape index (κ3) is 4.04. The van der Waals surface area contributed by atoms with Crippen molar-refractivity contribution in [1.29, 1.82) is 0 Å². The maximum Gasteiger partial charge on any atom is 0.251 e. The highest BCUT2D eigenvalue weighted by Gasteiger charge is 2.12. The van der Waals surface area contributed by atoms with Crippen molar-refractivity contribution in [3.05, 3.63) is 29.3 Å². The topological polar surface area (TPSA) is 49.3 Å². The molecule has 1 atom stereocenters. The van der Waals surface area contributed by atoms with Crippen LogP contribution in [0.5, 0.6) is 5.75 Å². The molecule has 1 aromatic carbocycles. The molecule has 0 aliphatic heterocycles. The smallest absolute Gasteiger partial charge is 0.251 e. The Kier molecular flexibility index (Phi) is 5.48. The van der Waals surface area contributed by atoms with E-state index in [2.05, 4.69) is 28.2 Å². The van der Waals surface area contributed by atoms with Crippen LogP contribution >= 0.6 is 15.9 Å². The molecule has 0 aromatic heterocycles. The lowest BCUT2D eigenvalue weighted by Gasteiger charge is -2.11. The van der Waals surface area contributed by atoms with Gasteiger partial charge in [-0.05, 0) is 25.5 Å². The molecule has 0 saturated carbocycles. The summed E-state index contributed by atoms with van der Waals surface area (Å²) in [6.45, 7) is 4.44. The first kappa shape index (κ1) is 14.0. The van der Waals surface area contributed by atoms with Crippen LogP contribution in [0.4, 0.5) is 0 Å². The minimum atomic E-state index is -0.140.